The van der Waals surface area contributed by atoms with Gasteiger partial charge in [0.2, 0.25) is 5.69 Å². The van der Waals surface area contributed by atoms with Gasteiger partial charge in [-0.1, -0.05) is 30.3 Å². The third-order valence-electron chi connectivity index (χ3n) is 3.90. The van der Waals surface area contributed by atoms with Crippen LogP contribution in [0.5, 0.6) is 5.75 Å². The monoisotopic (exact) mass is 383 g/mol. The maximum atomic E-state index is 13.7. The second-order valence-electron chi connectivity index (χ2n) is 5.84. The number of ether oxygens (including phenoxy) is 2. The number of benzene rings is 2. The highest BCUT2D eigenvalue weighted by molar-refractivity contribution is 5.97. The summed E-state index contributed by atoms with van der Waals surface area (Å²) in [7, 11) is 1.40. The van der Waals surface area contributed by atoms with Crippen LogP contribution in [-0.2, 0) is 9.53 Å². The maximum Gasteiger partial charge on any atom is 0.363 e. The number of rotatable bonds is 6. The summed E-state index contributed by atoms with van der Waals surface area (Å²) in [5.41, 5.74) is 0.656. The van der Waals surface area contributed by atoms with E-state index in [0.717, 1.165) is 5.69 Å². The smallest absolute Gasteiger partial charge is 0.363 e. The van der Waals surface area contributed by atoms with Gasteiger partial charge in [0, 0.05) is 0 Å². The van der Waals surface area contributed by atoms with Crippen LogP contribution in [0.1, 0.15) is 17.4 Å². The molecule has 0 aliphatic heterocycles. The Kier molecular flexibility index (Phi) is 5.69. The number of esters is 1. The first-order chi connectivity index (χ1) is 13.5. The van der Waals surface area contributed by atoms with Gasteiger partial charge in [-0.15, -0.1) is 0 Å². The standard InChI is InChI=1S/C20H18FN3O4/c1-13(19(25)22-16-11-7-6-10-15(16)21)28-20(26)18-17(27-2)12-24(23-18)14-8-4-3-5-9-14/h3-13H,1-2H3,(H,22,25)/t13-/m1/s1. The van der Waals surface area contributed by atoms with Crippen molar-refractivity contribution in [3.05, 3.63) is 72.3 Å². The molecule has 0 aliphatic rings. The highest BCUT2D eigenvalue weighted by Gasteiger charge is 2.25. The van der Waals surface area contributed by atoms with E-state index in [9.17, 15) is 14.0 Å². The molecule has 0 unspecified atom stereocenters. The minimum absolute atomic E-state index is 0.00124. The zero-order chi connectivity index (χ0) is 20.1. The summed E-state index contributed by atoms with van der Waals surface area (Å²) in [5.74, 6) is -1.88. The lowest BCUT2D eigenvalue weighted by Crippen LogP contribution is -2.30. The summed E-state index contributed by atoms with van der Waals surface area (Å²) < 4.78 is 25.5. The zero-order valence-electron chi connectivity index (χ0n) is 15.3. The number of halogens is 1. The number of aromatic nitrogens is 2. The lowest BCUT2D eigenvalue weighted by atomic mass is 10.3. The van der Waals surface area contributed by atoms with Crippen molar-refractivity contribution in [1.29, 1.82) is 0 Å². The van der Waals surface area contributed by atoms with Crippen LogP contribution in [0.25, 0.3) is 5.69 Å². The van der Waals surface area contributed by atoms with Crippen LogP contribution >= 0.6 is 0 Å². The normalized spacial score (nSPS) is 11.5. The lowest BCUT2D eigenvalue weighted by molar-refractivity contribution is -0.123. The molecule has 0 radical (unpaired) electrons. The predicted molar refractivity (Wildman–Crippen MR) is 100 cm³/mol. The van der Waals surface area contributed by atoms with Crippen LogP contribution < -0.4 is 10.1 Å². The number of anilines is 1. The van der Waals surface area contributed by atoms with Gasteiger partial charge in [0.1, 0.15) is 5.82 Å². The molecule has 7 nitrogen and oxygen atoms in total. The molecular weight excluding hydrogens is 365 g/mol. The van der Waals surface area contributed by atoms with Gasteiger partial charge in [0.05, 0.1) is 24.7 Å². The Bertz CT molecular complexity index is 988. The van der Waals surface area contributed by atoms with Gasteiger partial charge in [-0.3, -0.25) is 4.79 Å². The Morgan fingerprint density at radius 1 is 1.11 bits per heavy atom. The molecule has 1 heterocycles. The number of carbonyl (C=O) groups is 2. The summed E-state index contributed by atoms with van der Waals surface area (Å²) in [5, 5.41) is 6.57. The molecule has 1 amide bonds. The van der Waals surface area contributed by atoms with E-state index in [2.05, 4.69) is 10.4 Å². The van der Waals surface area contributed by atoms with Crippen LogP contribution in [0.2, 0.25) is 0 Å². The number of nitrogens with zero attached hydrogens (tertiary/aromatic N) is 2. The van der Waals surface area contributed by atoms with Crippen molar-refractivity contribution in [2.75, 3.05) is 12.4 Å². The third kappa shape index (κ3) is 4.17. The molecule has 8 heteroatoms. The fraction of sp³-hybridized carbons (Fsp3) is 0.150. The molecule has 1 atom stereocenters. The first-order valence-electron chi connectivity index (χ1n) is 8.45. The molecule has 0 saturated carbocycles. The molecule has 28 heavy (non-hydrogen) atoms. The minimum atomic E-state index is -1.17. The number of para-hydroxylation sites is 2. The van der Waals surface area contributed by atoms with Crippen molar-refractivity contribution >= 4 is 17.6 Å². The van der Waals surface area contributed by atoms with E-state index in [0.29, 0.717) is 0 Å². The van der Waals surface area contributed by atoms with Crippen LogP contribution in [0.4, 0.5) is 10.1 Å². The number of carbonyl (C=O) groups excluding carboxylic acids is 2. The van der Waals surface area contributed by atoms with Gasteiger partial charge in [-0.05, 0) is 31.2 Å². The Balaban J connectivity index is 1.72. The number of amides is 1. The first-order valence-corrected chi connectivity index (χ1v) is 8.45. The summed E-state index contributed by atoms with van der Waals surface area (Å²) in [6.45, 7) is 1.38. The lowest BCUT2D eigenvalue weighted by Gasteiger charge is -2.13. The minimum Gasteiger partial charge on any atom is -0.493 e. The average molecular weight is 383 g/mol. The highest BCUT2D eigenvalue weighted by Crippen LogP contribution is 2.21. The number of hydrogen-bond acceptors (Lipinski definition) is 5. The summed E-state index contributed by atoms with van der Waals surface area (Å²) in [6, 6.07) is 14.8. The van der Waals surface area contributed by atoms with Crippen molar-refractivity contribution in [3.63, 3.8) is 0 Å². The van der Waals surface area contributed by atoms with Crippen molar-refractivity contribution in [1.82, 2.24) is 9.78 Å². The van der Waals surface area contributed by atoms with Gasteiger partial charge in [-0.25, -0.2) is 13.9 Å². The van der Waals surface area contributed by atoms with E-state index in [-0.39, 0.29) is 17.1 Å². The Morgan fingerprint density at radius 3 is 2.46 bits per heavy atom. The van der Waals surface area contributed by atoms with Crippen molar-refractivity contribution in [2.45, 2.75) is 13.0 Å². The second kappa shape index (κ2) is 8.34. The van der Waals surface area contributed by atoms with Crippen molar-refractivity contribution in [3.8, 4) is 11.4 Å². The summed E-state index contributed by atoms with van der Waals surface area (Å²) >= 11 is 0. The second-order valence-corrected chi connectivity index (χ2v) is 5.84. The Hall–Kier alpha value is -3.68. The molecule has 0 bridgehead atoms. The molecule has 3 aromatic rings. The van der Waals surface area contributed by atoms with E-state index in [1.54, 1.807) is 6.07 Å². The van der Waals surface area contributed by atoms with Crippen LogP contribution in [0.15, 0.2) is 60.8 Å². The molecule has 0 fully saturated rings. The molecule has 1 N–H and O–H groups in total. The number of nitrogens with one attached hydrogen (secondary N) is 1. The van der Waals surface area contributed by atoms with Gasteiger partial charge in [0.15, 0.2) is 11.9 Å². The zero-order valence-corrected chi connectivity index (χ0v) is 15.3. The van der Waals surface area contributed by atoms with Gasteiger partial charge >= 0.3 is 5.97 Å². The molecular formula is C20H18FN3O4. The predicted octanol–water partition coefficient (Wildman–Crippen LogP) is 3.20. The molecule has 0 saturated heterocycles. The van der Waals surface area contributed by atoms with Crippen molar-refractivity contribution < 1.29 is 23.5 Å². The number of hydrogen-bond donors (Lipinski definition) is 1. The van der Waals surface area contributed by atoms with E-state index < -0.39 is 23.8 Å². The maximum absolute atomic E-state index is 13.7. The van der Waals surface area contributed by atoms with Crippen molar-refractivity contribution in [2.24, 2.45) is 0 Å². The summed E-state index contributed by atoms with van der Waals surface area (Å²) in [6.07, 6.45) is 0.370. The molecule has 144 valence electrons. The van der Waals surface area contributed by atoms with Gasteiger partial charge < -0.3 is 14.8 Å². The van der Waals surface area contributed by atoms with E-state index in [1.165, 1.54) is 43.1 Å². The fourth-order valence-corrected chi connectivity index (χ4v) is 2.43. The quantitative estimate of drug-likeness (QED) is 0.661. The molecule has 0 aliphatic carbocycles. The Morgan fingerprint density at radius 2 is 1.79 bits per heavy atom. The largest absolute Gasteiger partial charge is 0.493 e. The topological polar surface area (TPSA) is 82.5 Å². The van der Waals surface area contributed by atoms with Gasteiger partial charge in [-0.2, -0.15) is 5.10 Å². The van der Waals surface area contributed by atoms with Gasteiger partial charge in [0.25, 0.3) is 5.91 Å². The molecule has 2 aromatic carbocycles. The average Bonchev–Trinajstić information content (AvgIpc) is 3.15. The van der Waals surface area contributed by atoms with Crippen LogP contribution in [0.3, 0.4) is 0 Å². The van der Waals surface area contributed by atoms with E-state index in [4.69, 9.17) is 9.47 Å². The molecule has 0 spiro atoms. The van der Waals surface area contributed by atoms with E-state index in [1.807, 2.05) is 30.3 Å². The molecule has 1 aromatic heterocycles. The van der Waals surface area contributed by atoms with Crippen LogP contribution in [0, 0.1) is 5.82 Å². The van der Waals surface area contributed by atoms with Crippen LogP contribution in [-0.4, -0.2) is 34.9 Å². The molecule has 3 rings (SSSR count). The third-order valence-corrected chi connectivity index (χ3v) is 3.90. The highest BCUT2D eigenvalue weighted by atomic mass is 19.1. The van der Waals surface area contributed by atoms with E-state index >= 15 is 0 Å². The SMILES string of the molecule is COc1cn(-c2ccccc2)nc1C(=O)O[C@H](C)C(=O)Nc1ccccc1F. The Labute approximate surface area is 160 Å². The number of methoxy groups -OCH3 is 1. The fourth-order valence-electron chi connectivity index (χ4n) is 2.43. The summed E-state index contributed by atoms with van der Waals surface area (Å²) in [4.78, 5) is 24.7. The first kappa shape index (κ1) is 19.1.